The summed E-state index contributed by atoms with van der Waals surface area (Å²) in [5.41, 5.74) is -0.252. The van der Waals surface area contributed by atoms with E-state index < -0.39 is 48.5 Å². The lowest BCUT2D eigenvalue weighted by Gasteiger charge is -2.39. The number of aliphatic hydroxyl groups is 4. The monoisotopic (exact) mass is 462 g/mol. The quantitative estimate of drug-likeness (QED) is 0.302. The third-order valence-corrected chi connectivity index (χ3v) is 5.35. The Labute approximate surface area is 186 Å². The Bertz CT molecular complexity index is 1220. The Morgan fingerprint density at radius 3 is 2.39 bits per heavy atom. The van der Waals surface area contributed by atoms with Crippen molar-refractivity contribution in [1.29, 1.82) is 0 Å². The van der Waals surface area contributed by atoms with E-state index in [2.05, 4.69) is 0 Å². The van der Waals surface area contributed by atoms with Crippen LogP contribution in [0.2, 0.25) is 0 Å². The molecule has 2 aromatic carbocycles. The van der Waals surface area contributed by atoms with Gasteiger partial charge in [0.25, 0.3) is 0 Å². The second-order valence-electron chi connectivity index (χ2n) is 7.49. The number of hydrogen-bond acceptors (Lipinski definition) is 11. The van der Waals surface area contributed by atoms with Gasteiger partial charge in [0.05, 0.1) is 13.7 Å². The molecule has 0 saturated carbocycles. The third kappa shape index (κ3) is 4.19. The molecule has 6 N–H and O–H groups in total. The first-order valence-corrected chi connectivity index (χ1v) is 9.89. The van der Waals surface area contributed by atoms with Crippen LogP contribution in [0.25, 0.3) is 22.3 Å². The van der Waals surface area contributed by atoms with Crippen LogP contribution in [-0.4, -0.2) is 75.1 Å². The number of fused-ring (bicyclic) bond motifs is 1. The van der Waals surface area contributed by atoms with Crippen molar-refractivity contribution in [1.82, 2.24) is 0 Å². The first-order chi connectivity index (χ1) is 15.7. The predicted octanol–water partition coefficient (Wildman–Crippen LogP) is 0.0585. The SMILES string of the molecule is COc1ccc(-c2cc(=O)c3c(O)cc(O[C@H]4O[C@H](CO)[C@H](O)[C@@H](O)[C@H]4O)cc3o2)cc1O. The van der Waals surface area contributed by atoms with E-state index in [1.165, 1.54) is 25.3 Å². The van der Waals surface area contributed by atoms with Gasteiger partial charge in [0, 0.05) is 23.8 Å². The predicted molar refractivity (Wildman–Crippen MR) is 112 cm³/mol. The zero-order chi connectivity index (χ0) is 23.9. The molecule has 0 amide bonds. The van der Waals surface area contributed by atoms with E-state index in [4.69, 9.17) is 18.6 Å². The van der Waals surface area contributed by atoms with Crippen molar-refractivity contribution in [2.24, 2.45) is 0 Å². The Morgan fingerprint density at radius 1 is 0.970 bits per heavy atom. The Balaban J connectivity index is 1.71. The highest BCUT2D eigenvalue weighted by molar-refractivity contribution is 5.86. The average Bonchev–Trinajstić information content (AvgIpc) is 2.78. The van der Waals surface area contributed by atoms with Crippen LogP contribution in [0.4, 0.5) is 0 Å². The van der Waals surface area contributed by atoms with Gasteiger partial charge in [-0.1, -0.05) is 0 Å². The van der Waals surface area contributed by atoms with Crippen LogP contribution in [0.15, 0.2) is 45.6 Å². The molecular weight excluding hydrogens is 440 g/mol. The molecule has 1 fully saturated rings. The van der Waals surface area contributed by atoms with Crippen LogP contribution in [-0.2, 0) is 4.74 Å². The Morgan fingerprint density at radius 2 is 1.73 bits per heavy atom. The molecule has 0 spiro atoms. The van der Waals surface area contributed by atoms with Crippen LogP contribution in [0, 0.1) is 0 Å². The van der Waals surface area contributed by atoms with E-state index in [1.807, 2.05) is 0 Å². The molecule has 1 aliphatic heterocycles. The molecule has 11 nitrogen and oxygen atoms in total. The standard InChI is InChI=1S/C22H22O11/c1-30-14-3-2-9(4-11(14)24)15-7-13(26)18-12(25)5-10(6-16(18)32-15)31-22-21(29)20(28)19(27)17(8-23)33-22/h2-7,17,19-25,27-29H,8H2,1H3/t17-,19+,20-,21-,22+/m1/s1. The van der Waals surface area contributed by atoms with Gasteiger partial charge in [-0.05, 0) is 18.2 Å². The molecular formula is C22H22O11. The number of aliphatic hydroxyl groups excluding tert-OH is 4. The summed E-state index contributed by atoms with van der Waals surface area (Å²) < 4.78 is 21.6. The lowest BCUT2D eigenvalue weighted by atomic mass is 9.99. The minimum Gasteiger partial charge on any atom is -0.507 e. The van der Waals surface area contributed by atoms with Crippen LogP contribution < -0.4 is 14.9 Å². The molecule has 11 heteroatoms. The summed E-state index contributed by atoms with van der Waals surface area (Å²) in [5.74, 6) is -0.392. The van der Waals surface area contributed by atoms with Gasteiger partial charge in [-0.2, -0.15) is 0 Å². The minimum atomic E-state index is -1.67. The molecule has 176 valence electrons. The smallest absolute Gasteiger partial charge is 0.229 e. The first kappa shape index (κ1) is 22.8. The number of benzene rings is 2. The Hall–Kier alpha value is -3.35. The van der Waals surface area contributed by atoms with Crippen LogP contribution in [0.5, 0.6) is 23.0 Å². The van der Waals surface area contributed by atoms with E-state index in [1.54, 1.807) is 6.07 Å². The summed E-state index contributed by atoms with van der Waals surface area (Å²) in [7, 11) is 1.39. The highest BCUT2D eigenvalue weighted by Crippen LogP contribution is 2.35. The summed E-state index contributed by atoms with van der Waals surface area (Å²) in [6.45, 7) is -0.638. The van der Waals surface area contributed by atoms with Crippen molar-refractivity contribution >= 4 is 11.0 Å². The molecule has 2 heterocycles. The summed E-state index contributed by atoms with van der Waals surface area (Å²) in [6, 6.07) is 7.92. The van der Waals surface area contributed by atoms with Gasteiger partial charge in [0.2, 0.25) is 6.29 Å². The number of phenolic OH excluding ortho intramolecular Hbond substituents is 2. The molecule has 1 saturated heterocycles. The largest absolute Gasteiger partial charge is 0.507 e. The molecule has 0 aliphatic carbocycles. The zero-order valence-corrected chi connectivity index (χ0v) is 17.3. The summed E-state index contributed by atoms with van der Waals surface area (Å²) in [5, 5.41) is 59.5. The number of hydrogen-bond donors (Lipinski definition) is 6. The number of phenols is 2. The molecule has 4 rings (SSSR count). The molecule has 1 aliphatic rings. The fraction of sp³-hybridized carbons (Fsp3) is 0.318. The van der Waals surface area contributed by atoms with Crippen LogP contribution >= 0.6 is 0 Å². The summed E-state index contributed by atoms with van der Waals surface area (Å²) in [4.78, 5) is 12.6. The minimum absolute atomic E-state index is 0.0626. The van der Waals surface area contributed by atoms with Crippen LogP contribution in [0.3, 0.4) is 0 Å². The lowest BCUT2D eigenvalue weighted by Crippen LogP contribution is -2.60. The van der Waals surface area contributed by atoms with Gasteiger partial charge in [-0.15, -0.1) is 0 Å². The lowest BCUT2D eigenvalue weighted by molar-refractivity contribution is -0.277. The second-order valence-corrected chi connectivity index (χ2v) is 7.49. The number of ether oxygens (including phenoxy) is 3. The fourth-order valence-electron chi connectivity index (χ4n) is 3.60. The molecule has 3 aromatic rings. The molecule has 0 bridgehead atoms. The highest BCUT2D eigenvalue weighted by Gasteiger charge is 2.44. The number of rotatable bonds is 5. The van der Waals surface area contributed by atoms with Gasteiger partial charge in [0.1, 0.15) is 52.6 Å². The van der Waals surface area contributed by atoms with E-state index >= 15 is 0 Å². The van der Waals surface area contributed by atoms with Crippen molar-refractivity contribution in [3.63, 3.8) is 0 Å². The van der Waals surface area contributed by atoms with Gasteiger partial charge < -0.3 is 49.3 Å². The number of methoxy groups -OCH3 is 1. The molecule has 0 unspecified atom stereocenters. The maximum Gasteiger partial charge on any atom is 0.229 e. The zero-order valence-electron chi connectivity index (χ0n) is 17.3. The van der Waals surface area contributed by atoms with Gasteiger partial charge in [-0.25, -0.2) is 0 Å². The average molecular weight is 462 g/mol. The van der Waals surface area contributed by atoms with Crippen molar-refractivity contribution in [3.05, 3.63) is 46.6 Å². The highest BCUT2D eigenvalue weighted by atomic mass is 16.7. The maximum atomic E-state index is 12.6. The maximum absolute atomic E-state index is 12.6. The third-order valence-electron chi connectivity index (χ3n) is 5.35. The van der Waals surface area contributed by atoms with Crippen molar-refractivity contribution < 1.29 is 49.3 Å². The topological polar surface area (TPSA) is 179 Å². The van der Waals surface area contributed by atoms with Gasteiger partial charge in [0.15, 0.2) is 16.9 Å². The molecule has 0 radical (unpaired) electrons. The Kier molecular flexibility index (Phi) is 6.15. The van der Waals surface area contributed by atoms with E-state index in [0.29, 0.717) is 5.56 Å². The van der Waals surface area contributed by atoms with Crippen molar-refractivity contribution in [2.75, 3.05) is 13.7 Å². The molecule has 33 heavy (non-hydrogen) atoms. The first-order valence-electron chi connectivity index (χ1n) is 9.89. The summed E-state index contributed by atoms with van der Waals surface area (Å²) >= 11 is 0. The fourth-order valence-corrected chi connectivity index (χ4v) is 3.60. The van der Waals surface area contributed by atoms with E-state index in [0.717, 1.165) is 12.1 Å². The van der Waals surface area contributed by atoms with Crippen molar-refractivity contribution in [3.8, 4) is 34.3 Å². The van der Waals surface area contributed by atoms with Crippen LogP contribution in [0.1, 0.15) is 0 Å². The number of aromatic hydroxyl groups is 2. The van der Waals surface area contributed by atoms with Crippen molar-refractivity contribution in [2.45, 2.75) is 30.7 Å². The van der Waals surface area contributed by atoms with Gasteiger partial charge in [-0.3, -0.25) is 4.79 Å². The van der Waals surface area contributed by atoms with Gasteiger partial charge >= 0.3 is 0 Å². The summed E-state index contributed by atoms with van der Waals surface area (Å²) in [6.07, 6.45) is -7.56. The van der Waals surface area contributed by atoms with E-state index in [-0.39, 0.29) is 34.0 Å². The second kappa shape index (κ2) is 8.89. The molecule has 1 aromatic heterocycles. The molecule has 5 atom stereocenters. The van der Waals surface area contributed by atoms with E-state index in [9.17, 15) is 35.4 Å². The normalized spacial score (nSPS) is 25.2.